The van der Waals surface area contributed by atoms with Crippen molar-refractivity contribution in [3.63, 3.8) is 0 Å². The lowest BCUT2D eigenvalue weighted by Gasteiger charge is -2.54. The van der Waals surface area contributed by atoms with Crippen molar-refractivity contribution in [1.29, 1.82) is 0 Å². The number of hydrogen-bond acceptors (Lipinski definition) is 2. The molecule has 3 nitrogen and oxygen atoms in total. The summed E-state index contributed by atoms with van der Waals surface area (Å²) in [4.78, 5) is 12.7. The Balaban J connectivity index is 1.39. The Morgan fingerprint density at radius 2 is 1.67 bits per heavy atom. The summed E-state index contributed by atoms with van der Waals surface area (Å²) < 4.78 is 5.79. The summed E-state index contributed by atoms with van der Waals surface area (Å²) in [6.45, 7) is 4.17. The summed E-state index contributed by atoms with van der Waals surface area (Å²) in [5.41, 5.74) is 0.750. The number of benzene rings is 1. The summed E-state index contributed by atoms with van der Waals surface area (Å²) in [5.74, 6) is 4.25. The highest BCUT2D eigenvalue weighted by molar-refractivity contribution is 5.94. The lowest BCUT2D eigenvalue weighted by molar-refractivity contribution is -0.0119. The monoisotopic (exact) mass is 327 g/mol. The Kier molecular flexibility index (Phi) is 4.28. The van der Waals surface area contributed by atoms with Gasteiger partial charge in [0.1, 0.15) is 5.75 Å². The summed E-state index contributed by atoms with van der Waals surface area (Å²) in [6.07, 6.45) is 7.97. The van der Waals surface area contributed by atoms with E-state index in [2.05, 4.69) is 19.2 Å². The van der Waals surface area contributed by atoms with E-state index >= 15 is 0 Å². The molecule has 0 unspecified atom stereocenters. The molecule has 130 valence electrons. The molecule has 4 aliphatic carbocycles. The second-order valence-electron chi connectivity index (χ2n) is 8.29. The van der Waals surface area contributed by atoms with Crippen molar-refractivity contribution >= 4 is 5.91 Å². The van der Waals surface area contributed by atoms with Crippen LogP contribution in [0.2, 0.25) is 0 Å². The molecular formula is C21H29NO2. The Labute approximate surface area is 145 Å². The van der Waals surface area contributed by atoms with Crippen LogP contribution in [-0.4, -0.2) is 18.1 Å². The molecule has 4 aliphatic rings. The van der Waals surface area contributed by atoms with E-state index in [0.717, 1.165) is 41.4 Å². The average molecular weight is 327 g/mol. The van der Waals surface area contributed by atoms with Gasteiger partial charge in [0, 0.05) is 11.6 Å². The third-order valence-corrected chi connectivity index (χ3v) is 6.55. The molecule has 1 aromatic carbocycles. The van der Waals surface area contributed by atoms with Gasteiger partial charge in [0.25, 0.3) is 5.91 Å². The highest BCUT2D eigenvalue weighted by Gasteiger charge is 2.48. The van der Waals surface area contributed by atoms with E-state index in [4.69, 9.17) is 4.74 Å². The molecule has 0 aromatic heterocycles. The molecule has 0 radical (unpaired) electrons. The van der Waals surface area contributed by atoms with Crippen LogP contribution in [0, 0.1) is 23.7 Å². The maximum atomic E-state index is 12.7. The number of nitrogens with one attached hydrogen (secondary N) is 1. The number of amides is 1. The van der Waals surface area contributed by atoms with Crippen molar-refractivity contribution in [2.75, 3.05) is 0 Å². The topological polar surface area (TPSA) is 38.3 Å². The molecule has 1 amide bonds. The van der Waals surface area contributed by atoms with Gasteiger partial charge in [-0.15, -0.1) is 0 Å². The van der Waals surface area contributed by atoms with Crippen LogP contribution in [0.5, 0.6) is 5.75 Å². The smallest absolute Gasteiger partial charge is 0.251 e. The molecule has 1 atom stereocenters. The van der Waals surface area contributed by atoms with Gasteiger partial charge in [-0.1, -0.05) is 6.92 Å². The molecule has 4 bridgehead atoms. The SMILES string of the molecule is CC[C@@H](C)Oc1ccc(C(=O)NC2C3CC4CC(C3)CC2C4)cc1. The van der Waals surface area contributed by atoms with Crippen LogP contribution in [-0.2, 0) is 0 Å². The molecule has 5 rings (SSSR count). The Hall–Kier alpha value is -1.51. The van der Waals surface area contributed by atoms with E-state index in [1.165, 1.54) is 32.1 Å². The van der Waals surface area contributed by atoms with E-state index in [1.807, 2.05) is 24.3 Å². The Bertz CT molecular complexity index is 566. The number of hydrogen-bond donors (Lipinski definition) is 1. The summed E-state index contributed by atoms with van der Waals surface area (Å²) in [5, 5.41) is 3.37. The fourth-order valence-electron chi connectivity index (χ4n) is 5.40. The van der Waals surface area contributed by atoms with Crippen molar-refractivity contribution in [3.05, 3.63) is 29.8 Å². The molecule has 1 aromatic rings. The van der Waals surface area contributed by atoms with Gasteiger partial charge in [0.15, 0.2) is 0 Å². The number of carbonyl (C=O) groups excluding carboxylic acids is 1. The third kappa shape index (κ3) is 3.05. The molecule has 24 heavy (non-hydrogen) atoms. The zero-order valence-corrected chi connectivity index (χ0v) is 14.8. The lowest BCUT2D eigenvalue weighted by Crippen LogP contribution is -2.55. The van der Waals surface area contributed by atoms with Gasteiger partial charge in [-0.25, -0.2) is 0 Å². The Morgan fingerprint density at radius 1 is 1.08 bits per heavy atom. The van der Waals surface area contributed by atoms with Crippen LogP contribution >= 0.6 is 0 Å². The zero-order valence-electron chi connectivity index (χ0n) is 14.8. The minimum Gasteiger partial charge on any atom is -0.491 e. The molecule has 1 N–H and O–H groups in total. The first-order valence-electron chi connectivity index (χ1n) is 9.70. The van der Waals surface area contributed by atoms with Gasteiger partial charge < -0.3 is 10.1 Å². The van der Waals surface area contributed by atoms with Crippen molar-refractivity contribution in [3.8, 4) is 5.75 Å². The van der Waals surface area contributed by atoms with Gasteiger partial charge >= 0.3 is 0 Å². The van der Waals surface area contributed by atoms with E-state index in [-0.39, 0.29) is 12.0 Å². The molecule has 0 aliphatic heterocycles. The Morgan fingerprint density at radius 3 is 2.21 bits per heavy atom. The maximum absolute atomic E-state index is 12.7. The van der Waals surface area contributed by atoms with Crippen LogP contribution in [0.3, 0.4) is 0 Å². The minimum absolute atomic E-state index is 0.0857. The predicted molar refractivity (Wildman–Crippen MR) is 95.1 cm³/mol. The van der Waals surface area contributed by atoms with Crippen molar-refractivity contribution in [2.45, 2.75) is 64.5 Å². The van der Waals surface area contributed by atoms with Crippen molar-refractivity contribution in [1.82, 2.24) is 5.32 Å². The molecule has 0 saturated heterocycles. The molecule has 4 saturated carbocycles. The predicted octanol–water partition coefficient (Wildman–Crippen LogP) is 4.42. The first-order chi connectivity index (χ1) is 11.6. The fraction of sp³-hybridized carbons (Fsp3) is 0.667. The summed E-state index contributed by atoms with van der Waals surface area (Å²) >= 11 is 0. The highest BCUT2D eigenvalue weighted by atomic mass is 16.5. The second kappa shape index (κ2) is 6.42. The van der Waals surface area contributed by atoms with E-state index in [1.54, 1.807) is 0 Å². The molecule has 4 fully saturated rings. The quantitative estimate of drug-likeness (QED) is 0.869. The average Bonchev–Trinajstić information content (AvgIpc) is 2.58. The van der Waals surface area contributed by atoms with Crippen LogP contribution in [0.15, 0.2) is 24.3 Å². The first kappa shape index (κ1) is 16.0. The zero-order chi connectivity index (χ0) is 16.7. The summed E-state index contributed by atoms with van der Waals surface area (Å²) in [6, 6.07) is 8.02. The first-order valence-corrected chi connectivity index (χ1v) is 9.70. The maximum Gasteiger partial charge on any atom is 0.251 e. The van der Waals surface area contributed by atoms with Crippen molar-refractivity contribution < 1.29 is 9.53 Å². The number of carbonyl (C=O) groups is 1. The minimum atomic E-state index is 0.0857. The number of ether oxygens (including phenoxy) is 1. The van der Waals surface area contributed by atoms with Crippen LogP contribution in [0.1, 0.15) is 62.7 Å². The van der Waals surface area contributed by atoms with E-state index in [9.17, 15) is 4.79 Å². The summed E-state index contributed by atoms with van der Waals surface area (Å²) in [7, 11) is 0. The normalized spacial score (nSPS) is 34.8. The lowest BCUT2D eigenvalue weighted by atomic mass is 9.54. The van der Waals surface area contributed by atoms with Crippen LogP contribution in [0.4, 0.5) is 0 Å². The van der Waals surface area contributed by atoms with Gasteiger partial charge in [-0.3, -0.25) is 4.79 Å². The fourth-order valence-corrected chi connectivity index (χ4v) is 5.40. The molecule has 0 spiro atoms. The van der Waals surface area contributed by atoms with E-state index in [0.29, 0.717) is 6.04 Å². The molecule has 0 heterocycles. The number of rotatable bonds is 5. The standard InChI is InChI=1S/C21H29NO2/c1-3-13(2)24-19-6-4-16(5-7-19)21(23)22-20-17-9-14-8-15(11-17)12-18(20)10-14/h4-7,13-15,17-18,20H,3,8-12H2,1-2H3,(H,22,23)/t13-,14?,15?,17?,18?,20?/m1/s1. The van der Waals surface area contributed by atoms with Gasteiger partial charge in [0.05, 0.1) is 6.10 Å². The van der Waals surface area contributed by atoms with Gasteiger partial charge in [0.2, 0.25) is 0 Å². The molecular weight excluding hydrogens is 298 g/mol. The van der Waals surface area contributed by atoms with Crippen molar-refractivity contribution in [2.24, 2.45) is 23.7 Å². The largest absolute Gasteiger partial charge is 0.491 e. The van der Waals surface area contributed by atoms with Gasteiger partial charge in [-0.05, 0) is 93.4 Å². The van der Waals surface area contributed by atoms with Crippen LogP contribution < -0.4 is 10.1 Å². The van der Waals surface area contributed by atoms with Crippen LogP contribution in [0.25, 0.3) is 0 Å². The second-order valence-corrected chi connectivity index (χ2v) is 8.29. The highest BCUT2D eigenvalue weighted by Crippen LogP contribution is 2.53. The van der Waals surface area contributed by atoms with E-state index < -0.39 is 0 Å². The third-order valence-electron chi connectivity index (χ3n) is 6.55. The molecule has 3 heteroatoms. The van der Waals surface area contributed by atoms with Gasteiger partial charge in [-0.2, -0.15) is 0 Å².